The van der Waals surface area contributed by atoms with E-state index in [0.29, 0.717) is 41.3 Å². The number of benzene rings is 1. The molecule has 1 aliphatic carbocycles. The maximum atomic E-state index is 13.1. The van der Waals surface area contributed by atoms with Gasteiger partial charge in [0, 0.05) is 42.0 Å². The quantitative estimate of drug-likeness (QED) is 0.449. The number of aromatic carboxylic acids is 1. The minimum atomic E-state index is -0.932. The van der Waals surface area contributed by atoms with Crippen molar-refractivity contribution in [3.8, 4) is 11.3 Å². The normalized spacial score (nSPS) is 20.3. The van der Waals surface area contributed by atoms with Crippen molar-refractivity contribution < 1.29 is 14.7 Å². The first-order valence-corrected chi connectivity index (χ1v) is 12.3. The molecule has 180 valence electrons. The minimum Gasteiger partial charge on any atom is -0.477 e. The number of rotatable bonds is 4. The molecule has 0 bridgehead atoms. The van der Waals surface area contributed by atoms with Crippen molar-refractivity contribution in [2.75, 3.05) is 6.54 Å². The van der Waals surface area contributed by atoms with E-state index < -0.39 is 5.97 Å². The highest BCUT2D eigenvalue weighted by Crippen LogP contribution is 2.48. The summed E-state index contributed by atoms with van der Waals surface area (Å²) in [6, 6.07) is 10.3. The van der Waals surface area contributed by atoms with Gasteiger partial charge in [-0.1, -0.05) is 30.3 Å². The number of amides is 1. The number of carbonyl (C=O) groups excluding carboxylic acids is 1. The lowest BCUT2D eigenvalue weighted by Crippen LogP contribution is -2.42. The van der Waals surface area contributed by atoms with Crippen molar-refractivity contribution in [2.24, 2.45) is 11.7 Å². The Labute approximate surface area is 206 Å². The highest BCUT2D eigenvalue weighted by molar-refractivity contribution is 7.15. The molecule has 4 aromatic rings. The molecule has 3 N–H and O–H groups in total. The Morgan fingerprint density at radius 3 is 2.66 bits per heavy atom. The molecule has 0 unspecified atom stereocenters. The van der Waals surface area contributed by atoms with Gasteiger partial charge in [-0.05, 0) is 32.6 Å². The highest BCUT2D eigenvalue weighted by Gasteiger charge is 2.53. The molecule has 0 radical (unpaired) electrons. The number of aryl methyl sites for hydroxylation is 2. The molecule has 1 amide bonds. The molecule has 1 saturated heterocycles. The minimum absolute atomic E-state index is 0.0179. The Kier molecular flexibility index (Phi) is 6.08. The van der Waals surface area contributed by atoms with Crippen LogP contribution in [0.1, 0.15) is 45.2 Å². The maximum Gasteiger partial charge on any atom is 0.354 e. The monoisotopic (exact) mass is 490 g/mol. The molecule has 2 fully saturated rings. The second-order valence-corrected chi connectivity index (χ2v) is 9.73. The van der Waals surface area contributed by atoms with E-state index in [9.17, 15) is 9.59 Å². The summed E-state index contributed by atoms with van der Waals surface area (Å²) in [5.41, 5.74) is 8.92. The van der Waals surface area contributed by atoms with E-state index in [1.54, 1.807) is 23.7 Å². The fourth-order valence-corrected chi connectivity index (χ4v) is 5.58. The molecule has 9 nitrogen and oxygen atoms in total. The van der Waals surface area contributed by atoms with Crippen molar-refractivity contribution in [2.45, 2.75) is 38.8 Å². The standard InChI is InChI=1S/C18H20N4O.C7H6N2O2S/c1-11-20-10-15(17(21-11)12-5-3-2-4-6-12)18(23)22-14(9-19)7-13-8-16(13)22;1-4-5(6(10)11)9-2-3-12-7(9)8-4/h2-6,10,13-14,16H,7-9,19H2,1H3;2-3H,1H3,(H,10,11)/t13-,14+,16+;/m1./s1. The number of carbonyl (C=O) groups is 2. The van der Waals surface area contributed by atoms with Gasteiger partial charge in [0.1, 0.15) is 5.82 Å². The molecule has 3 atom stereocenters. The molecule has 1 aromatic carbocycles. The summed E-state index contributed by atoms with van der Waals surface area (Å²) in [4.78, 5) is 39.5. The van der Waals surface area contributed by atoms with Crippen molar-refractivity contribution in [3.63, 3.8) is 0 Å². The van der Waals surface area contributed by atoms with E-state index in [-0.39, 0.29) is 17.6 Å². The van der Waals surface area contributed by atoms with Gasteiger partial charge in [-0.3, -0.25) is 9.20 Å². The van der Waals surface area contributed by atoms with Crippen LogP contribution < -0.4 is 5.73 Å². The van der Waals surface area contributed by atoms with Gasteiger partial charge in [0.05, 0.1) is 17.0 Å². The molecule has 6 rings (SSSR count). The first kappa shape index (κ1) is 23.1. The molecule has 2 aliphatic rings. The van der Waals surface area contributed by atoms with E-state index in [1.165, 1.54) is 11.3 Å². The van der Waals surface area contributed by atoms with Crippen LogP contribution in [-0.4, -0.2) is 59.9 Å². The molecular weight excluding hydrogens is 464 g/mol. The Morgan fingerprint density at radius 2 is 1.94 bits per heavy atom. The zero-order valence-corrected chi connectivity index (χ0v) is 20.3. The summed E-state index contributed by atoms with van der Waals surface area (Å²) in [6.45, 7) is 4.06. The number of fused-ring (bicyclic) bond motifs is 2. The van der Waals surface area contributed by atoms with Crippen molar-refractivity contribution in [1.29, 1.82) is 0 Å². The number of hydrogen-bond donors (Lipinski definition) is 2. The van der Waals surface area contributed by atoms with Crippen molar-refractivity contribution in [3.05, 3.63) is 70.9 Å². The Bertz CT molecular complexity index is 1400. The summed E-state index contributed by atoms with van der Waals surface area (Å²) in [7, 11) is 0. The van der Waals surface area contributed by atoms with Gasteiger partial charge in [0.2, 0.25) is 0 Å². The topological polar surface area (TPSA) is 127 Å². The number of nitrogens with two attached hydrogens (primary N) is 1. The highest BCUT2D eigenvalue weighted by atomic mass is 32.1. The molecule has 3 aromatic heterocycles. The first-order chi connectivity index (χ1) is 16.9. The van der Waals surface area contributed by atoms with Crippen LogP contribution in [-0.2, 0) is 0 Å². The summed E-state index contributed by atoms with van der Waals surface area (Å²) >= 11 is 1.43. The summed E-state index contributed by atoms with van der Waals surface area (Å²) in [5.74, 6) is 0.392. The van der Waals surface area contributed by atoms with Gasteiger partial charge in [-0.15, -0.1) is 11.3 Å². The molecule has 35 heavy (non-hydrogen) atoms. The second kappa shape index (κ2) is 9.20. The molecule has 1 saturated carbocycles. The van der Waals surface area contributed by atoms with Gasteiger partial charge >= 0.3 is 5.97 Å². The Hall–Kier alpha value is -3.63. The van der Waals surface area contributed by atoms with E-state index in [0.717, 1.165) is 23.4 Å². The van der Waals surface area contributed by atoms with E-state index in [1.807, 2.05) is 47.5 Å². The number of thiazole rings is 1. The van der Waals surface area contributed by atoms with Gasteiger partial charge in [0.25, 0.3) is 5.91 Å². The summed E-state index contributed by atoms with van der Waals surface area (Å²) < 4.78 is 1.59. The largest absolute Gasteiger partial charge is 0.477 e. The van der Waals surface area contributed by atoms with Gasteiger partial charge in [-0.25, -0.2) is 19.7 Å². The zero-order valence-electron chi connectivity index (χ0n) is 19.5. The number of carboxylic acids is 1. The van der Waals surface area contributed by atoms with Gasteiger partial charge in [-0.2, -0.15) is 0 Å². The van der Waals surface area contributed by atoms with Crippen LogP contribution in [0.15, 0.2) is 48.1 Å². The lowest BCUT2D eigenvalue weighted by Gasteiger charge is -2.27. The molecule has 0 spiro atoms. The fourth-order valence-electron chi connectivity index (χ4n) is 4.82. The predicted octanol–water partition coefficient (Wildman–Crippen LogP) is 3.42. The average Bonchev–Trinajstić information content (AvgIpc) is 3.15. The maximum absolute atomic E-state index is 13.1. The van der Waals surface area contributed by atoms with Crippen LogP contribution >= 0.6 is 11.3 Å². The SMILES string of the molecule is Cc1nc2sccn2c1C(=O)O.Cc1ncc(C(=O)N2[C@H](CN)C[C@@H]3C[C@@H]32)c(-c2ccccc2)n1. The smallest absolute Gasteiger partial charge is 0.354 e. The third kappa shape index (κ3) is 4.30. The Morgan fingerprint density at radius 1 is 1.17 bits per heavy atom. The average molecular weight is 491 g/mol. The first-order valence-electron chi connectivity index (χ1n) is 11.5. The fraction of sp³-hybridized carbons (Fsp3) is 0.320. The third-order valence-corrected chi connectivity index (χ3v) is 7.30. The Balaban J connectivity index is 0.000000178. The van der Waals surface area contributed by atoms with Crippen molar-refractivity contribution >= 4 is 28.2 Å². The van der Waals surface area contributed by atoms with E-state index >= 15 is 0 Å². The van der Waals surface area contributed by atoms with E-state index in [2.05, 4.69) is 15.0 Å². The zero-order chi connectivity index (χ0) is 24.7. The molecule has 4 heterocycles. The van der Waals surface area contributed by atoms with Crippen LogP contribution in [0.5, 0.6) is 0 Å². The van der Waals surface area contributed by atoms with E-state index in [4.69, 9.17) is 10.8 Å². The van der Waals surface area contributed by atoms with Gasteiger partial charge < -0.3 is 15.7 Å². The van der Waals surface area contributed by atoms with Crippen LogP contribution in [0.2, 0.25) is 0 Å². The number of imidazole rings is 1. The molecular formula is C25H26N6O3S. The number of carboxylic acid groups (broad SMARTS) is 1. The van der Waals surface area contributed by atoms with Crippen LogP contribution in [0, 0.1) is 19.8 Å². The molecule has 1 aliphatic heterocycles. The number of likely N-dealkylation sites (tertiary alicyclic amines) is 1. The van der Waals surface area contributed by atoms with Crippen LogP contribution in [0.4, 0.5) is 0 Å². The van der Waals surface area contributed by atoms with Crippen LogP contribution in [0.3, 0.4) is 0 Å². The van der Waals surface area contributed by atoms with Gasteiger partial charge in [0.15, 0.2) is 10.7 Å². The number of nitrogens with zero attached hydrogens (tertiary/aromatic N) is 5. The van der Waals surface area contributed by atoms with Crippen molar-refractivity contribution in [1.82, 2.24) is 24.3 Å². The number of aromatic nitrogens is 4. The molecule has 10 heteroatoms. The third-order valence-electron chi connectivity index (χ3n) is 6.54. The number of hydrogen-bond acceptors (Lipinski definition) is 7. The lowest BCUT2D eigenvalue weighted by molar-refractivity contribution is 0.0684. The summed E-state index contributed by atoms with van der Waals surface area (Å²) in [5, 5.41) is 10.6. The summed E-state index contributed by atoms with van der Waals surface area (Å²) in [6.07, 6.45) is 5.51. The van der Waals surface area contributed by atoms with Crippen LogP contribution in [0.25, 0.3) is 16.2 Å². The number of piperidine rings is 1. The predicted molar refractivity (Wildman–Crippen MR) is 132 cm³/mol. The second-order valence-electron chi connectivity index (χ2n) is 8.85. The lowest BCUT2D eigenvalue weighted by atomic mass is 10.1.